The smallest absolute Gasteiger partial charge is 0.107 e. The summed E-state index contributed by atoms with van der Waals surface area (Å²) < 4.78 is 12.3. The molecule has 0 saturated heterocycles. The van der Waals surface area contributed by atoms with Crippen molar-refractivity contribution in [1.29, 1.82) is 0 Å². The van der Waals surface area contributed by atoms with Crippen LogP contribution in [0, 0.1) is 0 Å². The van der Waals surface area contributed by atoms with E-state index in [1.54, 1.807) is 12.1 Å². The number of benzene rings is 1. The first kappa shape index (κ1) is 14.9. The lowest BCUT2D eigenvalue weighted by Crippen LogP contribution is -2.30. The standard InChI is InChI=1S/C13H22FN3O/c1-2-16-7-8-17-11-5-3-10(4-6-11)13(18)12(15)9-14/h3-6,12-13,16-18H,2,7-9,15H2,1H3. The molecule has 0 aliphatic rings. The first-order valence-electron chi connectivity index (χ1n) is 6.23. The summed E-state index contributed by atoms with van der Waals surface area (Å²) in [6, 6.07) is 6.37. The van der Waals surface area contributed by atoms with Crippen molar-refractivity contribution < 1.29 is 9.50 Å². The Morgan fingerprint density at radius 2 is 1.94 bits per heavy atom. The summed E-state index contributed by atoms with van der Waals surface area (Å²) in [5.74, 6) is 0. The maximum Gasteiger partial charge on any atom is 0.107 e. The van der Waals surface area contributed by atoms with Crippen molar-refractivity contribution in [3.05, 3.63) is 29.8 Å². The van der Waals surface area contributed by atoms with Gasteiger partial charge in [0.25, 0.3) is 0 Å². The molecule has 0 saturated carbocycles. The lowest BCUT2D eigenvalue weighted by molar-refractivity contribution is 0.132. The Labute approximate surface area is 107 Å². The molecule has 18 heavy (non-hydrogen) atoms. The van der Waals surface area contributed by atoms with Crippen LogP contribution in [0.3, 0.4) is 0 Å². The quantitative estimate of drug-likeness (QED) is 0.524. The van der Waals surface area contributed by atoms with E-state index in [0.29, 0.717) is 5.56 Å². The predicted molar refractivity (Wildman–Crippen MR) is 72.4 cm³/mol. The molecule has 0 radical (unpaired) electrons. The molecule has 0 bridgehead atoms. The third-order valence-corrected chi connectivity index (χ3v) is 2.72. The van der Waals surface area contributed by atoms with Crippen LogP contribution >= 0.6 is 0 Å². The second-order valence-electron chi connectivity index (χ2n) is 4.17. The number of likely N-dealkylation sites (N-methyl/N-ethyl adjacent to an activating group) is 1. The molecule has 102 valence electrons. The highest BCUT2D eigenvalue weighted by Gasteiger charge is 2.16. The van der Waals surface area contributed by atoms with Gasteiger partial charge in [-0.15, -0.1) is 0 Å². The number of nitrogens with two attached hydrogens (primary N) is 1. The van der Waals surface area contributed by atoms with E-state index in [2.05, 4.69) is 17.6 Å². The molecule has 5 N–H and O–H groups in total. The first-order valence-corrected chi connectivity index (χ1v) is 6.23. The van der Waals surface area contributed by atoms with Crippen LogP contribution < -0.4 is 16.4 Å². The van der Waals surface area contributed by atoms with Crippen LogP contribution in [0.1, 0.15) is 18.6 Å². The predicted octanol–water partition coefficient (Wildman–Crippen LogP) is 1.04. The zero-order valence-electron chi connectivity index (χ0n) is 10.7. The van der Waals surface area contributed by atoms with E-state index in [4.69, 9.17) is 5.73 Å². The molecular weight excluding hydrogens is 233 g/mol. The molecule has 1 aromatic carbocycles. The number of halogens is 1. The summed E-state index contributed by atoms with van der Waals surface area (Å²) in [4.78, 5) is 0. The van der Waals surface area contributed by atoms with Gasteiger partial charge in [-0.1, -0.05) is 19.1 Å². The molecule has 2 unspecified atom stereocenters. The Kier molecular flexibility index (Phi) is 6.64. The molecule has 5 heteroatoms. The highest BCUT2D eigenvalue weighted by molar-refractivity contribution is 5.45. The number of anilines is 1. The molecular formula is C13H22FN3O. The van der Waals surface area contributed by atoms with Gasteiger partial charge in [0.15, 0.2) is 0 Å². The zero-order chi connectivity index (χ0) is 13.4. The van der Waals surface area contributed by atoms with Crippen LogP contribution in [-0.2, 0) is 0 Å². The highest BCUT2D eigenvalue weighted by atomic mass is 19.1. The molecule has 0 aliphatic heterocycles. The summed E-state index contributed by atoms with van der Waals surface area (Å²) in [5.41, 5.74) is 7.06. The van der Waals surface area contributed by atoms with Gasteiger partial charge in [-0.2, -0.15) is 0 Å². The van der Waals surface area contributed by atoms with Gasteiger partial charge >= 0.3 is 0 Å². The lowest BCUT2D eigenvalue weighted by Gasteiger charge is -2.16. The van der Waals surface area contributed by atoms with Crippen molar-refractivity contribution in [2.24, 2.45) is 5.73 Å². The van der Waals surface area contributed by atoms with Crippen LogP contribution in [0.2, 0.25) is 0 Å². The molecule has 1 rings (SSSR count). The number of hydrogen-bond donors (Lipinski definition) is 4. The first-order chi connectivity index (χ1) is 8.69. The number of rotatable bonds is 8. The minimum atomic E-state index is -0.953. The van der Waals surface area contributed by atoms with Crippen molar-refractivity contribution in [3.8, 4) is 0 Å². The number of alkyl halides is 1. The van der Waals surface area contributed by atoms with Gasteiger partial charge in [0.1, 0.15) is 6.67 Å². The summed E-state index contributed by atoms with van der Waals surface area (Å²) in [6.45, 7) is 4.01. The third kappa shape index (κ3) is 4.60. The van der Waals surface area contributed by atoms with E-state index in [1.165, 1.54) is 0 Å². The number of aliphatic hydroxyl groups excluding tert-OH is 1. The minimum absolute atomic E-state index is 0.636. The largest absolute Gasteiger partial charge is 0.387 e. The second kappa shape index (κ2) is 8.02. The van der Waals surface area contributed by atoms with Crippen LogP contribution in [0.4, 0.5) is 10.1 Å². The molecule has 1 aromatic rings. The maximum atomic E-state index is 12.3. The fourth-order valence-corrected chi connectivity index (χ4v) is 1.60. The van der Waals surface area contributed by atoms with Crippen molar-refractivity contribution in [2.75, 3.05) is 31.6 Å². The fraction of sp³-hybridized carbons (Fsp3) is 0.538. The van der Waals surface area contributed by atoms with Gasteiger partial charge in [-0.25, -0.2) is 4.39 Å². The van der Waals surface area contributed by atoms with Crippen molar-refractivity contribution in [1.82, 2.24) is 5.32 Å². The number of nitrogens with one attached hydrogen (secondary N) is 2. The van der Waals surface area contributed by atoms with E-state index in [9.17, 15) is 9.50 Å². The minimum Gasteiger partial charge on any atom is -0.387 e. The van der Waals surface area contributed by atoms with Crippen LogP contribution in [0.25, 0.3) is 0 Å². The summed E-state index contributed by atoms with van der Waals surface area (Å²) in [5, 5.41) is 16.2. The van der Waals surface area contributed by atoms with E-state index in [-0.39, 0.29) is 0 Å². The van der Waals surface area contributed by atoms with Crippen LogP contribution in [0.15, 0.2) is 24.3 Å². The fourth-order valence-electron chi connectivity index (χ4n) is 1.60. The molecule has 0 spiro atoms. The average molecular weight is 255 g/mol. The Hall–Kier alpha value is -1.17. The van der Waals surface area contributed by atoms with E-state index < -0.39 is 18.8 Å². The summed E-state index contributed by atoms with van der Waals surface area (Å²) in [7, 11) is 0. The van der Waals surface area contributed by atoms with E-state index in [1.807, 2.05) is 12.1 Å². The average Bonchev–Trinajstić information content (AvgIpc) is 2.42. The lowest BCUT2D eigenvalue weighted by atomic mass is 10.0. The Bertz CT molecular complexity index is 332. The van der Waals surface area contributed by atoms with Crippen molar-refractivity contribution in [3.63, 3.8) is 0 Å². The summed E-state index contributed by atoms with van der Waals surface area (Å²) >= 11 is 0. The highest BCUT2D eigenvalue weighted by Crippen LogP contribution is 2.18. The Balaban J connectivity index is 2.47. The van der Waals surface area contributed by atoms with Crippen LogP contribution in [-0.4, -0.2) is 37.5 Å². The summed E-state index contributed by atoms with van der Waals surface area (Å²) in [6.07, 6.45) is -0.953. The monoisotopic (exact) mass is 255 g/mol. The number of aliphatic hydroxyl groups is 1. The number of hydrogen-bond acceptors (Lipinski definition) is 4. The topological polar surface area (TPSA) is 70.3 Å². The SMILES string of the molecule is CCNCCNc1ccc(C(O)C(N)CF)cc1. The zero-order valence-corrected chi connectivity index (χ0v) is 10.7. The van der Waals surface area contributed by atoms with Crippen LogP contribution in [0.5, 0.6) is 0 Å². The second-order valence-corrected chi connectivity index (χ2v) is 4.17. The molecule has 0 heterocycles. The maximum absolute atomic E-state index is 12.3. The molecule has 4 nitrogen and oxygen atoms in total. The van der Waals surface area contributed by atoms with Crippen molar-refractivity contribution in [2.45, 2.75) is 19.1 Å². The van der Waals surface area contributed by atoms with Gasteiger partial charge in [0.2, 0.25) is 0 Å². The van der Waals surface area contributed by atoms with Gasteiger partial charge in [0, 0.05) is 18.8 Å². The van der Waals surface area contributed by atoms with Gasteiger partial charge < -0.3 is 21.5 Å². The van der Waals surface area contributed by atoms with Crippen molar-refractivity contribution >= 4 is 5.69 Å². The van der Waals surface area contributed by atoms with E-state index in [0.717, 1.165) is 25.3 Å². The normalized spacial score (nSPS) is 14.2. The Morgan fingerprint density at radius 1 is 1.28 bits per heavy atom. The molecule has 0 amide bonds. The molecule has 0 fully saturated rings. The van der Waals surface area contributed by atoms with Gasteiger partial charge in [0.05, 0.1) is 12.1 Å². The molecule has 0 aliphatic carbocycles. The third-order valence-electron chi connectivity index (χ3n) is 2.72. The molecule has 0 aromatic heterocycles. The van der Waals surface area contributed by atoms with Gasteiger partial charge in [-0.05, 0) is 24.2 Å². The molecule has 2 atom stereocenters. The van der Waals surface area contributed by atoms with Gasteiger partial charge in [-0.3, -0.25) is 0 Å². The van der Waals surface area contributed by atoms with E-state index >= 15 is 0 Å². The Morgan fingerprint density at radius 3 is 2.50 bits per heavy atom.